The molecule has 0 atom stereocenters. The molecule has 7 aromatic carbocycles. The van der Waals surface area contributed by atoms with Crippen LogP contribution in [0.4, 0.5) is 17.1 Å². The topological polar surface area (TPSA) is 3.24 Å². The Kier molecular flexibility index (Phi) is 8.78. The summed E-state index contributed by atoms with van der Waals surface area (Å²) in [5, 5.41) is 2.42. The Balaban J connectivity index is 1.42. The molecule has 0 aliphatic carbocycles. The summed E-state index contributed by atoms with van der Waals surface area (Å²) in [6.07, 6.45) is 5.94. The Morgan fingerprint density at radius 3 is 1.90 bits per heavy atom. The van der Waals surface area contributed by atoms with Crippen LogP contribution in [0.5, 0.6) is 0 Å². The number of hydrogen-bond donors (Lipinski definition) is 0. The molecule has 0 fully saturated rings. The molecule has 51 heavy (non-hydrogen) atoms. The normalized spacial score (nSPS) is 13.7. The van der Waals surface area contributed by atoms with Crippen molar-refractivity contribution in [2.24, 2.45) is 0 Å². The fourth-order valence-electron chi connectivity index (χ4n) is 7.63. The Labute approximate surface area is 305 Å². The molecular formula is C49H39NS. The third-order valence-corrected chi connectivity index (χ3v) is 11.4. The second-order valence-corrected chi connectivity index (χ2v) is 14.1. The number of rotatable bonds is 8. The summed E-state index contributed by atoms with van der Waals surface area (Å²) in [5.74, 6) is 0. The van der Waals surface area contributed by atoms with Crippen LogP contribution in [0, 0.1) is 0 Å². The molecular weight excluding hydrogens is 635 g/mol. The molecule has 0 saturated heterocycles. The van der Waals surface area contributed by atoms with Gasteiger partial charge in [0.25, 0.3) is 0 Å². The predicted octanol–water partition coefficient (Wildman–Crippen LogP) is 13.7. The number of benzene rings is 7. The summed E-state index contributed by atoms with van der Waals surface area (Å²) in [6, 6.07) is 62.3. The summed E-state index contributed by atoms with van der Waals surface area (Å²) in [6.45, 7) is 8.19. The van der Waals surface area contributed by atoms with Crippen molar-refractivity contribution in [3.8, 4) is 0 Å². The van der Waals surface area contributed by atoms with E-state index in [1.807, 2.05) is 23.9 Å². The summed E-state index contributed by atoms with van der Waals surface area (Å²) >= 11 is 1.88. The van der Waals surface area contributed by atoms with Gasteiger partial charge in [0.1, 0.15) is 0 Å². The minimum atomic E-state index is -0.512. The van der Waals surface area contributed by atoms with Gasteiger partial charge in [-0.25, -0.2) is 0 Å². The van der Waals surface area contributed by atoms with Gasteiger partial charge in [0, 0.05) is 20.9 Å². The van der Waals surface area contributed by atoms with Gasteiger partial charge in [0.2, 0.25) is 0 Å². The second-order valence-electron chi connectivity index (χ2n) is 13.0. The molecule has 8 rings (SSSR count). The Morgan fingerprint density at radius 1 is 0.588 bits per heavy atom. The van der Waals surface area contributed by atoms with Crippen LogP contribution in [0.1, 0.15) is 41.7 Å². The van der Waals surface area contributed by atoms with Gasteiger partial charge in [0.15, 0.2) is 0 Å². The number of hydrogen-bond acceptors (Lipinski definition) is 2. The Morgan fingerprint density at radius 2 is 1.18 bits per heavy atom. The van der Waals surface area contributed by atoms with E-state index in [0.29, 0.717) is 0 Å². The van der Waals surface area contributed by atoms with Gasteiger partial charge in [-0.3, -0.25) is 0 Å². The van der Waals surface area contributed by atoms with E-state index >= 15 is 0 Å². The van der Waals surface area contributed by atoms with E-state index in [9.17, 15) is 0 Å². The number of anilines is 3. The lowest BCUT2D eigenvalue weighted by molar-refractivity contribution is 0.703. The Bertz CT molecular complexity index is 2380. The molecule has 1 heterocycles. The van der Waals surface area contributed by atoms with Crippen molar-refractivity contribution in [2.45, 2.75) is 29.1 Å². The van der Waals surface area contributed by atoms with Crippen molar-refractivity contribution < 1.29 is 0 Å². The van der Waals surface area contributed by atoms with Crippen LogP contribution in [-0.4, -0.2) is 0 Å². The molecule has 0 aromatic heterocycles. The van der Waals surface area contributed by atoms with Crippen molar-refractivity contribution in [1.82, 2.24) is 0 Å². The summed E-state index contributed by atoms with van der Waals surface area (Å²) in [5.41, 5.74) is 11.7. The molecule has 1 aliphatic rings. The number of nitrogens with zero attached hydrogens (tertiary/aromatic N) is 1. The van der Waals surface area contributed by atoms with Crippen LogP contribution in [0.25, 0.3) is 16.3 Å². The first-order valence-electron chi connectivity index (χ1n) is 17.5. The van der Waals surface area contributed by atoms with Gasteiger partial charge in [-0.05, 0) is 88.5 Å². The predicted molar refractivity (Wildman–Crippen MR) is 219 cm³/mol. The average molecular weight is 674 g/mol. The fraction of sp³-hybridized carbons (Fsp3) is 0.0612. The zero-order valence-corrected chi connectivity index (χ0v) is 29.8. The van der Waals surface area contributed by atoms with Gasteiger partial charge in [-0.2, -0.15) is 0 Å². The number of fused-ring (bicyclic) bond motifs is 3. The molecule has 7 aromatic rings. The maximum atomic E-state index is 3.84. The van der Waals surface area contributed by atoms with Crippen molar-refractivity contribution in [3.63, 3.8) is 0 Å². The molecule has 246 valence electrons. The smallest absolute Gasteiger partial charge is 0.0724 e. The zero-order chi connectivity index (χ0) is 34.8. The average Bonchev–Trinajstić information content (AvgIpc) is 3.20. The zero-order valence-electron chi connectivity index (χ0n) is 29.0. The van der Waals surface area contributed by atoms with Crippen molar-refractivity contribution in [3.05, 3.63) is 228 Å². The highest BCUT2D eigenvalue weighted by Crippen LogP contribution is 2.59. The van der Waals surface area contributed by atoms with Crippen LogP contribution < -0.4 is 4.90 Å². The molecule has 2 heteroatoms. The van der Waals surface area contributed by atoms with Crippen LogP contribution in [0.15, 0.2) is 210 Å². The van der Waals surface area contributed by atoms with Gasteiger partial charge >= 0.3 is 0 Å². The highest BCUT2D eigenvalue weighted by Gasteiger charge is 2.45. The van der Waals surface area contributed by atoms with E-state index in [-0.39, 0.29) is 0 Å². The first-order valence-corrected chi connectivity index (χ1v) is 18.3. The van der Waals surface area contributed by atoms with Crippen molar-refractivity contribution in [2.75, 3.05) is 4.90 Å². The molecule has 0 unspecified atom stereocenters. The second kappa shape index (κ2) is 13.8. The van der Waals surface area contributed by atoms with Gasteiger partial charge in [-0.1, -0.05) is 176 Å². The first-order chi connectivity index (χ1) is 25.1. The van der Waals surface area contributed by atoms with Crippen LogP contribution in [0.3, 0.4) is 0 Å². The van der Waals surface area contributed by atoms with Crippen LogP contribution in [0.2, 0.25) is 0 Å². The molecule has 0 spiro atoms. The molecule has 0 saturated carbocycles. The quantitative estimate of drug-likeness (QED) is 0.148. The summed E-state index contributed by atoms with van der Waals surface area (Å²) < 4.78 is 0. The highest BCUT2D eigenvalue weighted by atomic mass is 32.2. The van der Waals surface area contributed by atoms with Crippen molar-refractivity contribution >= 4 is 45.2 Å². The minimum Gasteiger partial charge on any atom is -0.309 e. The monoisotopic (exact) mass is 673 g/mol. The molecule has 1 aliphatic heterocycles. The van der Waals surface area contributed by atoms with E-state index in [1.54, 1.807) is 0 Å². The standard InChI is InChI=1S/C49H39NS/c1-4-5-18-35(2)36(3)37-31-33-41(34-32-37)50(45-28-16-20-38-19-12-13-25-42(38)45)46-29-17-27-44-48(46)51-47-30-15-14-26-43(47)49(44,39-21-8-6-9-22-39)40-23-10-7-11-24-40/h4-34H,1H2,2-3H3/b18-5-,36-35+. The van der Waals surface area contributed by atoms with E-state index in [2.05, 4.69) is 201 Å². The lowest BCUT2D eigenvalue weighted by atomic mass is 9.64. The summed E-state index contributed by atoms with van der Waals surface area (Å²) in [7, 11) is 0. The van der Waals surface area contributed by atoms with E-state index in [4.69, 9.17) is 0 Å². The lowest BCUT2D eigenvalue weighted by Crippen LogP contribution is -2.34. The molecule has 0 bridgehead atoms. The maximum Gasteiger partial charge on any atom is 0.0724 e. The van der Waals surface area contributed by atoms with Crippen LogP contribution in [-0.2, 0) is 5.41 Å². The Hall–Kier alpha value is -5.83. The van der Waals surface area contributed by atoms with Crippen molar-refractivity contribution in [1.29, 1.82) is 0 Å². The van der Waals surface area contributed by atoms with E-state index in [1.165, 1.54) is 59.5 Å². The first kappa shape index (κ1) is 32.4. The minimum absolute atomic E-state index is 0.512. The largest absolute Gasteiger partial charge is 0.309 e. The van der Waals surface area contributed by atoms with E-state index < -0.39 is 5.41 Å². The third kappa shape index (κ3) is 5.62. The SMILES string of the molecule is C=C/C=C\C(C)=C(/C)c1ccc(N(c2cccc3c2Sc2ccccc2C3(c2ccccc2)c2ccccc2)c2cccc3ccccc23)cc1. The van der Waals surface area contributed by atoms with Gasteiger partial charge in [0.05, 0.1) is 16.8 Å². The number of allylic oxidation sites excluding steroid dienone is 5. The molecule has 0 radical (unpaired) electrons. The molecule has 0 amide bonds. The highest BCUT2D eigenvalue weighted by molar-refractivity contribution is 7.99. The lowest BCUT2D eigenvalue weighted by Gasteiger charge is -2.43. The van der Waals surface area contributed by atoms with E-state index in [0.717, 1.165) is 17.1 Å². The maximum absolute atomic E-state index is 3.84. The van der Waals surface area contributed by atoms with Gasteiger partial charge in [-0.15, -0.1) is 0 Å². The fourth-order valence-corrected chi connectivity index (χ4v) is 8.92. The summed E-state index contributed by atoms with van der Waals surface area (Å²) in [4.78, 5) is 4.99. The van der Waals surface area contributed by atoms with Crippen LogP contribution >= 0.6 is 11.8 Å². The van der Waals surface area contributed by atoms with Gasteiger partial charge < -0.3 is 4.90 Å². The molecule has 0 N–H and O–H groups in total. The molecule has 1 nitrogen and oxygen atoms in total. The third-order valence-electron chi connectivity index (χ3n) is 10.2.